The molecule has 102 valence electrons. The van der Waals surface area contributed by atoms with Crippen LogP contribution < -0.4 is 0 Å². The Morgan fingerprint density at radius 1 is 0.545 bits per heavy atom. The van der Waals surface area contributed by atoms with Gasteiger partial charge in [-0.1, -0.05) is 24.3 Å². The van der Waals surface area contributed by atoms with Crippen LogP contribution in [0.2, 0.25) is 0 Å². The van der Waals surface area contributed by atoms with Crippen LogP contribution in [0.25, 0.3) is 43.7 Å². The summed E-state index contributed by atoms with van der Waals surface area (Å²) in [5.41, 5.74) is 3.31. The average molecular weight is 281 g/mol. The second-order valence-corrected chi connectivity index (χ2v) is 5.46. The van der Waals surface area contributed by atoms with E-state index in [1.807, 2.05) is 12.1 Å². The smallest absolute Gasteiger partial charge is 0.178 e. The van der Waals surface area contributed by atoms with E-state index in [2.05, 4.69) is 63.5 Å². The molecule has 5 rings (SSSR count). The van der Waals surface area contributed by atoms with E-state index in [1.165, 1.54) is 21.5 Å². The van der Waals surface area contributed by atoms with Gasteiger partial charge in [-0.25, -0.2) is 15.0 Å². The monoisotopic (exact) mass is 281 g/mol. The SMILES string of the molecule is c1ccc2cc3cc4nc5ncccc5nc4cc3cc2c1. The third-order valence-electron chi connectivity index (χ3n) is 4.03. The van der Waals surface area contributed by atoms with Crippen molar-refractivity contribution in [2.24, 2.45) is 0 Å². The number of hydrogen-bond acceptors (Lipinski definition) is 3. The van der Waals surface area contributed by atoms with Gasteiger partial charge in [0.25, 0.3) is 0 Å². The summed E-state index contributed by atoms with van der Waals surface area (Å²) in [5.74, 6) is 0. The molecule has 0 fully saturated rings. The fourth-order valence-corrected chi connectivity index (χ4v) is 2.95. The van der Waals surface area contributed by atoms with Crippen LogP contribution in [0.3, 0.4) is 0 Å². The Morgan fingerprint density at radius 3 is 1.95 bits per heavy atom. The standard InChI is InChI=1S/C19H11N3/c1-2-5-13-9-15-11-18-17(10-14(15)8-12(13)4-1)21-16-6-3-7-20-19(16)22-18/h1-11H. The third kappa shape index (κ3) is 1.66. The maximum atomic E-state index is 4.68. The number of benzene rings is 3. The van der Waals surface area contributed by atoms with Gasteiger partial charge in [-0.3, -0.25) is 0 Å². The summed E-state index contributed by atoms with van der Waals surface area (Å²) in [6.45, 7) is 0. The molecule has 0 saturated heterocycles. The lowest BCUT2D eigenvalue weighted by Gasteiger charge is -2.05. The number of nitrogens with zero attached hydrogens (tertiary/aromatic N) is 3. The van der Waals surface area contributed by atoms with Crippen molar-refractivity contribution in [3.8, 4) is 0 Å². The molecule has 0 atom stereocenters. The van der Waals surface area contributed by atoms with Gasteiger partial charge in [0.05, 0.1) is 11.0 Å². The molecule has 5 aromatic rings. The number of pyridine rings is 1. The van der Waals surface area contributed by atoms with Gasteiger partial charge < -0.3 is 0 Å². The lowest BCUT2D eigenvalue weighted by Crippen LogP contribution is -1.90. The molecule has 0 N–H and O–H groups in total. The highest BCUT2D eigenvalue weighted by Crippen LogP contribution is 2.26. The van der Waals surface area contributed by atoms with E-state index in [4.69, 9.17) is 0 Å². The van der Waals surface area contributed by atoms with Crippen LogP contribution in [0.1, 0.15) is 0 Å². The van der Waals surface area contributed by atoms with Crippen LogP contribution in [0, 0.1) is 0 Å². The van der Waals surface area contributed by atoms with E-state index in [0.717, 1.165) is 16.6 Å². The van der Waals surface area contributed by atoms with Crippen molar-refractivity contribution >= 4 is 43.7 Å². The minimum atomic E-state index is 0.690. The Balaban J connectivity index is 1.93. The number of rotatable bonds is 0. The minimum absolute atomic E-state index is 0.690. The van der Waals surface area contributed by atoms with Gasteiger partial charge in [-0.15, -0.1) is 0 Å². The van der Waals surface area contributed by atoms with Gasteiger partial charge in [0.2, 0.25) is 0 Å². The van der Waals surface area contributed by atoms with Gasteiger partial charge in [0.1, 0.15) is 5.52 Å². The summed E-state index contributed by atoms with van der Waals surface area (Å²) >= 11 is 0. The molecule has 0 saturated carbocycles. The molecule has 0 bridgehead atoms. The van der Waals surface area contributed by atoms with Gasteiger partial charge in [-0.2, -0.15) is 0 Å². The lowest BCUT2D eigenvalue weighted by molar-refractivity contribution is 1.29. The van der Waals surface area contributed by atoms with Crippen molar-refractivity contribution < 1.29 is 0 Å². The molecule has 0 radical (unpaired) electrons. The quantitative estimate of drug-likeness (QED) is 0.393. The molecule has 0 aliphatic rings. The summed E-state index contributed by atoms with van der Waals surface area (Å²) in [6, 6.07) is 20.8. The zero-order valence-electron chi connectivity index (χ0n) is 11.7. The molecule has 0 spiro atoms. The maximum Gasteiger partial charge on any atom is 0.178 e. The third-order valence-corrected chi connectivity index (χ3v) is 4.03. The van der Waals surface area contributed by atoms with Crippen LogP contribution in [-0.4, -0.2) is 15.0 Å². The summed E-state index contributed by atoms with van der Waals surface area (Å²) in [4.78, 5) is 13.6. The fraction of sp³-hybridized carbons (Fsp3) is 0. The second-order valence-electron chi connectivity index (χ2n) is 5.46. The molecule has 2 heterocycles. The molecular weight excluding hydrogens is 270 g/mol. The van der Waals surface area contributed by atoms with Gasteiger partial charge in [0.15, 0.2) is 5.65 Å². The molecule has 22 heavy (non-hydrogen) atoms. The summed E-state index contributed by atoms with van der Waals surface area (Å²) < 4.78 is 0. The first kappa shape index (κ1) is 11.6. The van der Waals surface area contributed by atoms with E-state index in [9.17, 15) is 0 Å². The fourth-order valence-electron chi connectivity index (χ4n) is 2.95. The van der Waals surface area contributed by atoms with Gasteiger partial charge >= 0.3 is 0 Å². The molecule has 3 heteroatoms. The molecular formula is C19H11N3. The molecule has 0 amide bonds. The number of aromatic nitrogens is 3. The normalized spacial score (nSPS) is 11.6. The van der Waals surface area contributed by atoms with Crippen molar-refractivity contribution in [1.29, 1.82) is 0 Å². The number of hydrogen-bond donors (Lipinski definition) is 0. The summed E-state index contributed by atoms with van der Waals surface area (Å²) in [5, 5.41) is 4.84. The van der Waals surface area contributed by atoms with Crippen molar-refractivity contribution in [1.82, 2.24) is 15.0 Å². The second kappa shape index (κ2) is 4.21. The molecule has 3 nitrogen and oxygen atoms in total. The first-order valence-corrected chi connectivity index (χ1v) is 7.22. The van der Waals surface area contributed by atoms with Crippen LogP contribution in [0.15, 0.2) is 66.9 Å². The lowest BCUT2D eigenvalue weighted by atomic mass is 10.0. The molecule has 3 aromatic carbocycles. The van der Waals surface area contributed by atoms with Crippen LogP contribution in [0.4, 0.5) is 0 Å². The van der Waals surface area contributed by atoms with Crippen molar-refractivity contribution in [3.05, 3.63) is 66.9 Å². The molecule has 0 aliphatic carbocycles. The van der Waals surface area contributed by atoms with E-state index >= 15 is 0 Å². The van der Waals surface area contributed by atoms with E-state index < -0.39 is 0 Å². The predicted octanol–water partition coefficient (Wildman–Crippen LogP) is 4.48. The van der Waals surface area contributed by atoms with E-state index in [1.54, 1.807) is 6.20 Å². The largest absolute Gasteiger partial charge is 0.243 e. The van der Waals surface area contributed by atoms with Crippen LogP contribution in [-0.2, 0) is 0 Å². The summed E-state index contributed by atoms with van der Waals surface area (Å²) in [7, 11) is 0. The highest BCUT2D eigenvalue weighted by Gasteiger charge is 2.05. The van der Waals surface area contributed by atoms with Crippen LogP contribution >= 0.6 is 0 Å². The van der Waals surface area contributed by atoms with Gasteiger partial charge in [-0.05, 0) is 57.9 Å². The first-order chi connectivity index (χ1) is 10.9. The Hall–Kier alpha value is -3.07. The van der Waals surface area contributed by atoms with Gasteiger partial charge in [0, 0.05) is 6.20 Å². The Kier molecular flexibility index (Phi) is 2.22. The zero-order chi connectivity index (χ0) is 14.5. The topological polar surface area (TPSA) is 38.7 Å². The Morgan fingerprint density at radius 2 is 1.23 bits per heavy atom. The van der Waals surface area contributed by atoms with Crippen molar-refractivity contribution in [2.75, 3.05) is 0 Å². The molecule has 2 aromatic heterocycles. The summed E-state index contributed by atoms with van der Waals surface area (Å²) in [6.07, 6.45) is 1.75. The highest BCUT2D eigenvalue weighted by atomic mass is 14.9. The van der Waals surface area contributed by atoms with Crippen molar-refractivity contribution in [3.63, 3.8) is 0 Å². The Labute approximate surface area is 126 Å². The highest BCUT2D eigenvalue weighted by molar-refractivity contribution is 6.03. The van der Waals surface area contributed by atoms with E-state index in [-0.39, 0.29) is 0 Å². The molecule has 0 aliphatic heterocycles. The minimum Gasteiger partial charge on any atom is -0.243 e. The van der Waals surface area contributed by atoms with E-state index in [0.29, 0.717) is 5.65 Å². The molecule has 0 unspecified atom stereocenters. The Bertz CT molecular complexity index is 995. The first-order valence-electron chi connectivity index (χ1n) is 7.22. The zero-order valence-corrected chi connectivity index (χ0v) is 11.7. The maximum absolute atomic E-state index is 4.68. The predicted molar refractivity (Wildman–Crippen MR) is 89.9 cm³/mol. The van der Waals surface area contributed by atoms with Crippen LogP contribution in [0.5, 0.6) is 0 Å². The van der Waals surface area contributed by atoms with Crippen molar-refractivity contribution in [2.45, 2.75) is 0 Å². The number of fused-ring (bicyclic) bond motifs is 4. The average Bonchev–Trinajstić information content (AvgIpc) is 2.56.